The van der Waals surface area contributed by atoms with Gasteiger partial charge in [-0.2, -0.15) is 5.10 Å². The minimum Gasteiger partial charge on any atom is -0.491 e. The van der Waals surface area contributed by atoms with E-state index in [4.69, 9.17) is 9.84 Å². The van der Waals surface area contributed by atoms with Gasteiger partial charge in [0.25, 0.3) is 0 Å². The van der Waals surface area contributed by atoms with Gasteiger partial charge in [0.05, 0.1) is 17.5 Å². The molecule has 174 valence electrons. The Balaban J connectivity index is 1.42. The van der Waals surface area contributed by atoms with Crippen molar-refractivity contribution in [1.82, 2.24) is 15.1 Å². The van der Waals surface area contributed by atoms with E-state index in [0.29, 0.717) is 19.4 Å². The van der Waals surface area contributed by atoms with Gasteiger partial charge in [-0.25, -0.2) is 4.68 Å². The molecule has 0 saturated heterocycles. The average molecular weight is 454 g/mol. The van der Waals surface area contributed by atoms with E-state index < -0.39 is 0 Å². The summed E-state index contributed by atoms with van der Waals surface area (Å²) in [4.78, 5) is 12.6. The molecule has 0 aliphatic heterocycles. The van der Waals surface area contributed by atoms with E-state index in [1.54, 1.807) is 0 Å². The van der Waals surface area contributed by atoms with Crippen molar-refractivity contribution in [1.29, 1.82) is 0 Å². The Morgan fingerprint density at radius 1 is 0.971 bits per heavy atom. The zero-order valence-electron chi connectivity index (χ0n) is 20.0. The highest BCUT2D eigenvalue weighted by molar-refractivity contribution is 5.76. The van der Waals surface area contributed by atoms with Crippen LogP contribution in [0.15, 0.2) is 85.1 Å². The molecule has 4 aromatic rings. The lowest BCUT2D eigenvalue weighted by atomic mass is 10.0. The molecule has 1 amide bonds. The maximum Gasteiger partial charge on any atom is 0.220 e. The maximum atomic E-state index is 12.6. The van der Waals surface area contributed by atoms with Crippen molar-refractivity contribution in [2.75, 3.05) is 0 Å². The fourth-order valence-corrected chi connectivity index (χ4v) is 3.76. The zero-order valence-corrected chi connectivity index (χ0v) is 20.0. The Morgan fingerprint density at radius 3 is 2.35 bits per heavy atom. The van der Waals surface area contributed by atoms with E-state index in [2.05, 4.69) is 36.5 Å². The summed E-state index contributed by atoms with van der Waals surface area (Å²) in [5, 5.41) is 7.88. The molecule has 5 nitrogen and oxygen atoms in total. The van der Waals surface area contributed by atoms with Crippen LogP contribution in [0.5, 0.6) is 5.75 Å². The SMILES string of the molecule is Cc1ccc(-c2nn(-c3ccccc3)cc2CCC(=O)NCc2ccc(OC(C)C)cc2)cc1. The molecule has 34 heavy (non-hydrogen) atoms. The number of nitrogens with one attached hydrogen (secondary N) is 1. The molecule has 0 aliphatic rings. The van der Waals surface area contributed by atoms with Crippen molar-refractivity contribution in [3.8, 4) is 22.7 Å². The maximum absolute atomic E-state index is 12.6. The monoisotopic (exact) mass is 453 g/mol. The van der Waals surface area contributed by atoms with Crippen LogP contribution in [0.1, 0.15) is 37.0 Å². The number of amides is 1. The first-order valence-corrected chi connectivity index (χ1v) is 11.7. The van der Waals surface area contributed by atoms with Crippen molar-refractivity contribution in [2.45, 2.75) is 46.3 Å². The van der Waals surface area contributed by atoms with Crippen LogP contribution >= 0.6 is 0 Å². The molecule has 0 aliphatic carbocycles. The summed E-state index contributed by atoms with van der Waals surface area (Å²) in [6, 6.07) is 26.2. The number of hydrogen-bond donors (Lipinski definition) is 1. The van der Waals surface area contributed by atoms with Crippen LogP contribution in [0.2, 0.25) is 0 Å². The number of aromatic nitrogens is 2. The summed E-state index contributed by atoms with van der Waals surface area (Å²) in [5.74, 6) is 0.856. The van der Waals surface area contributed by atoms with Crippen LogP contribution in [0.3, 0.4) is 0 Å². The molecule has 0 radical (unpaired) electrons. The van der Waals surface area contributed by atoms with E-state index >= 15 is 0 Å². The summed E-state index contributed by atoms with van der Waals surface area (Å²) < 4.78 is 7.57. The third-order valence-electron chi connectivity index (χ3n) is 5.54. The van der Waals surface area contributed by atoms with E-state index in [1.165, 1.54) is 5.56 Å². The van der Waals surface area contributed by atoms with Gasteiger partial charge in [0, 0.05) is 24.7 Å². The number of ether oxygens (including phenoxy) is 1. The average Bonchev–Trinajstić information content (AvgIpc) is 3.27. The zero-order chi connectivity index (χ0) is 23.9. The van der Waals surface area contributed by atoms with E-state index in [-0.39, 0.29) is 12.0 Å². The fourth-order valence-electron chi connectivity index (χ4n) is 3.76. The van der Waals surface area contributed by atoms with Gasteiger partial charge >= 0.3 is 0 Å². The summed E-state index contributed by atoms with van der Waals surface area (Å²) >= 11 is 0. The highest BCUT2D eigenvalue weighted by atomic mass is 16.5. The number of aryl methyl sites for hydroxylation is 2. The number of benzene rings is 3. The predicted molar refractivity (Wildman–Crippen MR) is 136 cm³/mol. The van der Waals surface area contributed by atoms with Gasteiger partial charge in [0.1, 0.15) is 5.75 Å². The number of carbonyl (C=O) groups excluding carboxylic acids is 1. The van der Waals surface area contributed by atoms with Crippen molar-refractivity contribution in [2.24, 2.45) is 0 Å². The van der Waals surface area contributed by atoms with Gasteiger partial charge in [-0.05, 0) is 62.6 Å². The second-order valence-electron chi connectivity index (χ2n) is 8.74. The third kappa shape index (κ3) is 6.13. The molecule has 1 N–H and O–H groups in total. The normalized spacial score (nSPS) is 10.9. The lowest BCUT2D eigenvalue weighted by Crippen LogP contribution is -2.23. The van der Waals surface area contributed by atoms with Gasteiger partial charge in [-0.1, -0.05) is 60.2 Å². The molecule has 1 aromatic heterocycles. The highest BCUT2D eigenvalue weighted by Gasteiger charge is 2.14. The first-order valence-electron chi connectivity index (χ1n) is 11.7. The summed E-state index contributed by atoms with van der Waals surface area (Å²) in [6.45, 7) is 6.57. The lowest BCUT2D eigenvalue weighted by molar-refractivity contribution is -0.121. The minimum atomic E-state index is 0.0184. The van der Waals surface area contributed by atoms with Crippen LogP contribution in [0, 0.1) is 6.92 Å². The molecule has 0 bridgehead atoms. The van der Waals surface area contributed by atoms with Gasteiger partial charge in [-0.15, -0.1) is 0 Å². The van der Waals surface area contributed by atoms with E-state index in [1.807, 2.05) is 79.3 Å². The van der Waals surface area contributed by atoms with Gasteiger partial charge in [-0.3, -0.25) is 4.79 Å². The van der Waals surface area contributed by atoms with Gasteiger partial charge in [0.15, 0.2) is 0 Å². The molecule has 0 fully saturated rings. The largest absolute Gasteiger partial charge is 0.491 e. The smallest absolute Gasteiger partial charge is 0.220 e. The second-order valence-corrected chi connectivity index (χ2v) is 8.74. The Hall–Kier alpha value is -3.86. The van der Waals surface area contributed by atoms with Crippen LogP contribution in [-0.2, 0) is 17.8 Å². The third-order valence-corrected chi connectivity index (χ3v) is 5.54. The van der Waals surface area contributed by atoms with E-state index in [9.17, 15) is 4.79 Å². The van der Waals surface area contributed by atoms with Crippen molar-refractivity contribution < 1.29 is 9.53 Å². The van der Waals surface area contributed by atoms with Crippen molar-refractivity contribution >= 4 is 5.91 Å². The molecule has 0 atom stereocenters. The Kier molecular flexibility index (Phi) is 7.43. The van der Waals surface area contributed by atoms with Crippen LogP contribution in [-0.4, -0.2) is 21.8 Å². The topological polar surface area (TPSA) is 56.2 Å². The highest BCUT2D eigenvalue weighted by Crippen LogP contribution is 2.25. The summed E-state index contributed by atoms with van der Waals surface area (Å²) in [6.07, 6.45) is 3.18. The van der Waals surface area contributed by atoms with Crippen LogP contribution in [0.4, 0.5) is 0 Å². The summed E-state index contributed by atoms with van der Waals surface area (Å²) in [5.41, 5.74) is 6.27. The van der Waals surface area contributed by atoms with E-state index in [0.717, 1.165) is 33.8 Å². The molecular weight excluding hydrogens is 422 g/mol. The molecule has 3 aromatic carbocycles. The van der Waals surface area contributed by atoms with Gasteiger partial charge in [0.2, 0.25) is 5.91 Å². The van der Waals surface area contributed by atoms with Gasteiger partial charge < -0.3 is 10.1 Å². The second kappa shape index (κ2) is 10.8. The van der Waals surface area contributed by atoms with Crippen LogP contribution < -0.4 is 10.1 Å². The van der Waals surface area contributed by atoms with Crippen LogP contribution in [0.25, 0.3) is 16.9 Å². The number of nitrogens with zero attached hydrogens (tertiary/aromatic N) is 2. The molecular formula is C29H31N3O2. The first-order chi connectivity index (χ1) is 16.5. The molecule has 4 rings (SSSR count). The molecule has 1 heterocycles. The van der Waals surface area contributed by atoms with Crippen molar-refractivity contribution in [3.63, 3.8) is 0 Å². The minimum absolute atomic E-state index is 0.0184. The summed E-state index contributed by atoms with van der Waals surface area (Å²) in [7, 11) is 0. The number of rotatable bonds is 9. The molecule has 5 heteroatoms. The first kappa shape index (κ1) is 23.3. The Labute approximate surface area is 201 Å². The number of para-hydroxylation sites is 1. The fraction of sp³-hybridized carbons (Fsp3) is 0.241. The quantitative estimate of drug-likeness (QED) is 0.344. The predicted octanol–water partition coefficient (Wildman–Crippen LogP) is 5.88. The molecule has 0 saturated carbocycles. The Morgan fingerprint density at radius 2 is 1.68 bits per heavy atom. The molecule has 0 spiro atoms. The number of carbonyl (C=O) groups is 1. The molecule has 0 unspecified atom stereocenters. The van der Waals surface area contributed by atoms with Crippen molar-refractivity contribution in [3.05, 3.63) is 102 Å². The standard InChI is InChI=1S/C29H31N3O2/c1-21(2)34-27-16-11-23(12-17-27)19-30-28(33)18-15-25-20-32(26-7-5-4-6-8-26)31-29(25)24-13-9-22(3)10-14-24/h4-14,16-17,20-21H,15,18-19H2,1-3H3,(H,30,33). The Bertz CT molecular complexity index is 1210. The number of hydrogen-bond acceptors (Lipinski definition) is 3. The lowest BCUT2D eigenvalue weighted by Gasteiger charge is -2.10.